The molecule has 2 aliphatic rings. The molecule has 0 aromatic rings. The fraction of sp³-hybridized carbons (Fsp3) is 1.00. The van der Waals surface area contributed by atoms with Gasteiger partial charge in [-0.05, 0) is 25.8 Å². The molecule has 1 atom stereocenters. The summed E-state index contributed by atoms with van der Waals surface area (Å²) in [5.41, 5.74) is 0. The van der Waals surface area contributed by atoms with Gasteiger partial charge >= 0.3 is 0 Å². The highest BCUT2D eigenvalue weighted by Crippen LogP contribution is 2.27. The summed E-state index contributed by atoms with van der Waals surface area (Å²) in [7, 11) is -2.96. The van der Waals surface area contributed by atoms with Crippen LogP contribution in [0.25, 0.3) is 0 Å². The third kappa shape index (κ3) is 1.78. The molecule has 1 unspecified atom stereocenters. The van der Waals surface area contributed by atoms with E-state index in [9.17, 15) is 8.42 Å². The normalized spacial score (nSPS) is 30.8. The summed E-state index contributed by atoms with van der Waals surface area (Å²) in [5.74, 6) is 0. The average molecular weight is 190 g/mol. The van der Waals surface area contributed by atoms with Crippen LogP contribution in [0.2, 0.25) is 0 Å². The van der Waals surface area contributed by atoms with Crippen LogP contribution in [-0.2, 0) is 10.0 Å². The molecule has 1 saturated carbocycles. The average Bonchev–Trinajstić information content (AvgIpc) is 2.74. The van der Waals surface area contributed by atoms with E-state index in [1.54, 1.807) is 0 Å². The maximum atomic E-state index is 11.4. The van der Waals surface area contributed by atoms with Gasteiger partial charge in [0.2, 0.25) is 10.0 Å². The zero-order chi connectivity index (χ0) is 8.60. The lowest BCUT2D eigenvalue weighted by atomic mass is 10.3. The van der Waals surface area contributed by atoms with Gasteiger partial charge in [0, 0.05) is 12.6 Å². The lowest BCUT2D eigenvalue weighted by molar-refractivity contribution is 0.559. The van der Waals surface area contributed by atoms with Crippen molar-refractivity contribution >= 4 is 10.0 Å². The summed E-state index contributed by atoms with van der Waals surface area (Å²) < 4.78 is 25.5. The van der Waals surface area contributed by atoms with Crippen molar-refractivity contribution < 1.29 is 8.42 Å². The molecule has 70 valence electrons. The second kappa shape index (κ2) is 2.97. The number of nitrogens with one attached hydrogen (secondary N) is 2. The molecule has 0 radical (unpaired) electrons. The van der Waals surface area contributed by atoms with Gasteiger partial charge in [0.05, 0.1) is 5.25 Å². The summed E-state index contributed by atoms with van der Waals surface area (Å²) in [5, 5.41) is 3.04. The van der Waals surface area contributed by atoms with Gasteiger partial charge in [-0.25, -0.2) is 13.1 Å². The Kier molecular flexibility index (Phi) is 2.10. The summed E-state index contributed by atoms with van der Waals surface area (Å²) in [4.78, 5) is 0. The molecule has 1 heterocycles. The minimum Gasteiger partial charge on any atom is -0.315 e. The number of hydrogen-bond acceptors (Lipinski definition) is 3. The molecule has 4 nitrogen and oxygen atoms in total. The van der Waals surface area contributed by atoms with Crippen molar-refractivity contribution in [2.24, 2.45) is 0 Å². The Morgan fingerprint density at radius 1 is 1.25 bits per heavy atom. The summed E-state index contributed by atoms with van der Waals surface area (Å²) in [6.45, 7) is 1.71. The number of rotatable bonds is 3. The largest absolute Gasteiger partial charge is 0.315 e. The number of sulfonamides is 1. The topological polar surface area (TPSA) is 58.2 Å². The zero-order valence-electron chi connectivity index (χ0n) is 6.91. The predicted octanol–water partition coefficient (Wildman–Crippen LogP) is -0.570. The van der Waals surface area contributed by atoms with Crippen molar-refractivity contribution in [3.63, 3.8) is 0 Å². The van der Waals surface area contributed by atoms with E-state index in [0.717, 1.165) is 32.4 Å². The van der Waals surface area contributed by atoms with Gasteiger partial charge in [0.1, 0.15) is 0 Å². The van der Waals surface area contributed by atoms with E-state index in [2.05, 4.69) is 10.0 Å². The van der Waals surface area contributed by atoms with Crippen LogP contribution < -0.4 is 10.0 Å². The van der Waals surface area contributed by atoms with Gasteiger partial charge in [0.15, 0.2) is 0 Å². The third-order valence-electron chi connectivity index (χ3n) is 2.35. The molecule has 1 saturated heterocycles. The van der Waals surface area contributed by atoms with Crippen molar-refractivity contribution in [3.05, 3.63) is 0 Å². The molecule has 0 aromatic carbocycles. The molecule has 1 aliphatic heterocycles. The Balaban J connectivity index is 1.92. The van der Waals surface area contributed by atoms with E-state index in [1.165, 1.54) is 0 Å². The Morgan fingerprint density at radius 2 is 2.00 bits per heavy atom. The van der Waals surface area contributed by atoms with Crippen LogP contribution in [0.1, 0.15) is 19.3 Å². The second-order valence-electron chi connectivity index (χ2n) is 3.55. The van der Waals surface area contributed by atoms with Gasteiger partial charge in [-0.15, -0.1) is 0 Å². The van der Waals surface area contributed by atoms with Gasteiger partial charge in [-0.3, -0.25) is 0 Å². The molecular weight excluding hydrogens is 176 g/mol. The van der Waals surface area contributed by atoms with E-state index in [4.69, 9.17) is 0 Å². The Morgan fingerprint density at radius 3 is 2.50 bits per heavy atom. The first kappa shape index (κ1) is 8.47. The Bertz CT molecular complexity index is 253. The van der Waals surface area contributed by atoms with Crippen molar-refractivity contribution in [2.75, 3.05) is 13.1 Å². The van der Waals surface area contributed by atoms with Crippen LogP contribution in [0.15, 0.2) is 0 Å². The molecular formula is C7H14N2O2S. The van der Waals surface area contributed by atoms with E-state index in [0.29, 0.717) is 0 Å². The zero-order valence-corrected chi connectivity index (χ0v) is 7.73. The molecule has 2 N–H and O–H groups in total. The Labute approximate surface area is 72.8 Å². The van der Waals surface area contributed by atoms with E-state index < -0.39 is 10.0 Å². The summed E-state index contributed by atoms with van der Waals surface area (Å²) >= 11 is 0. The lowest BCUT2D eigenvalue weighted by Gasteiger charge is -2.10. The van der Waals surface area contributed by atoms with Gasteiger partial charge in [-0.2, -0.15) is 0 Å². The fourth-order valence-electron chi connectivity index (χ4n) is 1.46. The highest BCUT2D eigenvalue weighted by atomic mass is 32.2. The van der Waals surface area contributed by atoms with Crippen molar-refractivity contribution in [2.45, 2.75) is 30.6 Å². The summed E-state index contributed by atoms with van der Waals surface area (Å²) in [6, 6.07) is 0.135. The fourth-order valence-corrected chi connectivity index (χ4v) is 3.08. The number of hydrogen-bond donors (Lipinski definition) is 2. The van der Waals surface area contributed by atoms with Crippen LogP contribution in [0.5, 0.6) is 0 Å². The molecule has 1 aliphatic carbocycles. The molecule has 2 fully saturated rings. The molecule has 0 spiro atoms. The van der Waals surface area contributed by atoms with Crippen molar-refractivity contribution in [1.29, 1.82) is 0 Å². The minimum atomic E-state index is -2.96. The van der Waals surface area contributed by atoms with Crippen LogP contribution in [0, 0.1) is 0 Å². The third-order valence-corrected chi connectivity index (χ3v) is 4.37. The molecule has 0 amide bonds. The smallest absolute Gasteiger partial charge is 0.214 e. The summed E-state index contributed by atoms with van der Waals surface area (Å²) in [6.07, 6.45) is 2.61. The molecule has 0 aromatic heterocycles. The standard InChI is InChI=1S/C7H14N2O2S/c10-12(11,7-1-2-7)9-6-3-4-8-5-6/h6-9H,1-5H2. The van der Waals surface area contributed by atoms with Crippen LogP contribution >= 0.6 is 0 Å². The van der Waals surface area contributed by atoms with Crippen LogP contribution in [0.3, 0.4) is 0 Å². The van der Waals surface area contributed by atoms with Gasteiger partial charge < -0.3 is 5.32 Å². The first-order valence-corrected chi connectivity index (χ1v) is 5.95. The maximum Gasteiger partial charge on any atom is 0.214 e. The predicted molar refractivity (Wildman–Crippen MR) is 46.4 cm³/mol. The highest BCUT2D eigenvalue weighted by molar-refractivity contribution is 7.90. The first-order chi connectivity index (χ1) is 5.68. The van der Waals surface area contributed by atoms with Crippen molar-refractivity contribution in [3.8, 4) is 0 Å². The molecule has 5 heteroatoms. The van der Waals surface area contributed by atoms with E-state index in [1.807, 2.05) is 0 Å². The van der Waals surface area contributed by atoms with Gasteiger partial charge in [0.25, 0.3) is 0 Å². The molecule has 0 bridgehead atoms. The first-order valence-electron chi connectivity index (χ1n) is 4.40. The molecule has 12 heavy (non-hydrogen) atoms. The van der Waals surface area contributed by atoms with Crippen molar-refractivity contribution in [1.82, 2.24) is 10.0 Å². The van der Waals surface area contributed by atoms with E-state index in [-0.39, 0.29) is 11.3 Å². The molecule has 2 rings (SSSR count). The van der Waals surface area contributed by atoms with Crippen LogP contribution in [0.4, 0.5) is 0 Å². The maximum absolute atomic E-state index is 11.4. The Hall–Kier alpha value is -0.130. The van der Waals surface area contributed by atoms with Crippen LogP contribution in [-0.4, -0.2) is 32.8 Å². The monoisotopic (exact) mass is 190 g/mol. The minimum absolute atomic E-state index is 0.0851. The quantitative estimate of drug-likeness (QED) is 0.626. The van der Waals surface area contributed by atoms with E-state index >= 15 is 0 Å². The SMILES string of the molecule is O=S(=O)(NC1CCNC1)C1CC1. The lowest BCUT2D eigenvalue weighted by Crippen LogP contribution is -2.38. The van der Waals surface area contributed by atoms with Gasteiger partial charge in [-0.1, -0.05) is 0 Å². The highest BCUT2D eigenvalue weighted by Gasteiger charge is 2.37. The second-order valence-corrected chi connectivity index (χ2v) is 5.54.